The van der Waals surface area contributed by atoms with Crippen molar-refractivity contribution in [1.82, 2.24) is 14.6 Å². The predicted octanol–water partition coefficient (Wildman–Crippen LogP) is 1.44. The minimum atomic E-state index is -0.236. The zero-order valence-electron chi connectivity index (χ0n) is 13.1. The molecule has 2 unspecified atom stereocenters. The van der Waals surface area contributed by atoms with Crippen molar-refractivity contribution >= 4 is 17.3 Å². The highest BCUT2D eigenvalue weighted by Gasteiger charge is 2.31. The van der Waals surface area contributed by atoms with Crippen LogP contribution in [0.15, 0.2) is 12.4 Å². The first-order chi connectivity index (χ1) is 11.0. The van der Waals surface area contributed by atoms with Crippen molar-refractivity contribution in [3.8, 4) is 5.75 Å². The number of nitrogens with two attached hydrogens (primary N) is 1. The molecule has 23 heavy (non-hydrogen) atoms. The van der Waals surface area contributed by atoms with Crippen LogP contribution in [-0.2, 0) is 14.3 Å². The van der Waals surface area contributed by atoms with Crippen molar-refractivity contribution in [2.75, 3.05) is 12.3 Å². The largest absolute Gasteiger partial charge is 0.505 e. The molecule has 1 aliphatic rings. The molecule has 0 radical (unpaired) electrons. The van der Waals surface area contributed by atoms with Crippen LogP contribution >= 0.6 is 0 Å². The number of nitrogens with zero attached hydrogens (tertiary/aromatic N) is 3. The molecule has 3 heterocycles. The van der Waals surface area contributed by atoms with E-state index in [0.717, 1.165) is 12.8 Å². The summed E-state index contributed by atoms with van der Waals surface area (Å²) in [5.41, 5.74) is 6.86. The molecule has 0 spiro atoms. The lowest BCUT2D eigenvalue weighted by Crippen LogP contribution is -2.21. The molecule has 3 N–H and O–H groups in total. The second-order valence-corrected chi connectivity index (χ2v) is 5.97. The van der Waals surface area contributed by atoms with E-state index < -0.39 is 0 Å². The van der Waals surface area contributed by atoms with Gasteiger partial charge in [-0.1, -0.05) is 13.8 Å². The number of nitrogen functional groups attached to an aromatic ring is 1. The Morgan fingerprint density at radius 1 is 1.57 bits per heavy atom. The number of aromatic hydroxyl groups is 1. The number of hydrogen-bond acceptors (Lipinski definition) is 7. The molecule has 1 saturated heterocycles. The van der Waals surface area contributed by atoms with Crippen LogP contribution in [-0.4, -0.2) is 38.4 Å². The van der Waals surface area contributed by atoms with Gasteiger partial charge in [-0.15, -0.1) is 0 Å². The lowest BCUT2D eigenvalue weighted by atomic mass is 10.1. The Morgan fingerprint density at radius 3 is 3.09 bits per heavy atom. The summed E-state index contributed by atoms with van der Waals surface area (Å²) in [6.07, 6.45) is 2.46. The van der Waals surface area contributed by atoms with Gasteiger partial charge < -0.3 is 20.3 Å². The molecule has 0 saturated carbocycles. The summed E-state index contributed by atoms with van der Waals surface area (Å²) in [5, 5.41) is 14.2. The van der Waals surface area contributed by atoms with E-state index in [2.05, 4.69) is 10.1 Å². The number of ether oxygens (including phenoxy) is 2. The summed E-state index contributed by atoms with van der Waals surface area (Å²) in [6.45, 7) is 3.82. The number of esters is 1. The van der Waals surface area contributed by atoms with E-state index in [-0.39, 0.29) is 42.3 Å². The summed E-state index contributed by atoms with van der Waals surface area (Å²) >= 11 is 0. The van der Waals surface area contributed by atoms with E-state index in [1.54, 1.807) is 24.4 Å². The Hall–Kier alpha value is -2.35. The van der Waals surface area contributed by atoms with Crippen molar-refractivity contribution in [2.45, 2.75) is 38.9 Å². The molecule has 1 aliphatic heterocycles. The Morgan fingerprint density at radius 2 is 2.35 bits per heavy atom. The predicted molar refractivity (Wildman–Crippen MR) is 81.7 cm³/mol. The molecule has 8 heteroatoms. The molecular weight excluding hydrogens is 300 g/mol. The minimum Gasteiger partial charge on any atom is -0.505 e. The van der Waals surface area contributed by atoms with E-state index in [1.807, 2.05) is 0 Å². The van der Waals surface area contributed by atoms with E-state index in [0.29, 0.717) is 11.2 Å². The quantitative estimate of drug-likeness (QED) is 0.820. The zero-order valence-corrected chi connectivity index (χ0v) is 13.1. The Balaban J connectivity index is 1.72. The first-order valence-corrected chi connectivity index (χ1v) is 7.60. The fourth-order valence-corrected chi connectivity index (χ4v) is 2.69. The van der Waals surface area contributed by atoms with Gasteiger partial charge in [0.05, 0.1) is 17.7 Å². The van der Waals surface area contributed by atoms with Gasteiger partial charge in [0.25, 0.3) is 0 Å². The van der Waals surface area contributed by atoms with Gasteiger partial charge in [0.2, 0.25) is 0 Å². The van der Waals surface area contributed by atoms with E-state index in [9.17, 15) is 9.90 Å². The van der Waals surface area contributed by atoms with E-state index >= 15 is 0 Å². The van der Waals surface area contributed by atoms with E-state index in [1.165, 1.54) is 6.33 Å². The third kappa shape index (κ3) is 2.94. The third-order valence-electron chi connectivity index (χ3n) is 3.91. The second kappa shape index (κ2) is 6.04. The van der Waals surface area contributed by atoms with Crippen LogP contribution in [0.2, 0.25) is 0 Å². The molecule has 0 aromatic carbocycles. The summed E-state index contributed by atoms with van der Waals surface area (Å²) in [5.74, 6) is -0.151. The van der Waals surface area contributed by atoms with Crippen LogP contribution in [0.3, 0.4) is 0 Å². The van der Waals surface area contributed by atoms with Gasteiger partial charge in [-0.25, -0.2) is 9.50 Å². The molecule has 2 aromatic heterocycles. The molecule has 3 rings (SSSR count). The fourth-order valence-electron chi connectivity index (χ4n) is 2.69. The van der Waals surface area contributed by atoms with Crippen molar-refractivity contribution in [3.63, 3.8) is 0 Å². The maximum atomic E-state index is 11.5. The Labute approximate surface area is 133 Å². The van der Waals surface area contributed by atoms with Gasteiger partial charge >= 0.3 is 5.97 Å². The monoisotopic (exact) mass is 320 g/mol. The molecule has 124 valence electrons. The molecule has 0 aliphatic carbocycles. The molecule has 8 nitrogen and oxygen atoms in total. The second-order valence-electron chi connectivity index (χ2n) is 5.97. The van der Waals surface area contributed by atoms with Crippen LogP contribution in [0.1, 0.15) is 38.5 Å². The highest BCUT2D eigenvalue weighted by Crippen LogP contribution is 2.37. The normalized spacial score (nSPS) is 21.2. The first kappa shape index (κ1) is 15.5. The summed E-state index contributed by atoms with van der Waals surface area (Å²) < 4.78 is 12.7. The number of anilines is 1. The maximum Gasteiger partial charge on any atom is 0.308 e. The number of aromatic nitrogens is 3. The summed E-state index contributed by atoms with van der Waals surface area (Å²) in [4.78, 5) is 15.4. The lowest BCUT2D eigenvalue weighted by Gasteiger charge is -2.14. The number of hydrogen-bond donors (Lipinski definition) is 2. The highest BCUT2D eigenvalue weighted by atomic mass is 16.6. The van der Waals surface area contributed by atoms with Crippen molar-refractivity contribution in [2.24, 2.45) is 5.92 Å². The lowest BCUT2D eigenvalue weighted by molar-refractivity contribution is -0.151. The average Bonchev–Trinajstić information content (AvgIpc) is 3.10. The average molecular weight is 320 g/mol. The standard InChI is InChI=1S/C15H20N4O4/c1-8(2)15(21)22-6-9-3-4-12(23-9)10-5-11(20)13-14(16)17-7-18-19(10)13/h5,7-9,12,20H,3-4,6H2,1-2H3,(H2,16,17,18). The van der Waals surface area contributed by atoms with E-state index in [4.69, 9.17) is 15.2 Å². The van der Waals surface area contributed by atoms with Crippen LogP contribution in [0.5, 0.6) is 5.75 Å². The maximum absolute atomic E-state index is 11.5. The van der Waals surface area contributed by atoms with Gasteiger partial charge in [-0.3, -0.25) is 4.79 Å². The molecular formula is C15H20N4O4. The molecule has 2 aromatic rings. The molecule has 0 amide bonds. The topological polar surface area (TPSA) is 112 Å². The third-order valence-corrected chi connectivity index (χ3v) is 3.91. The van der Waals surface area contributed by atoms with Gasteiger partial charge in [0, 0.05) is 6.07 Å². The van der Waals surface area contributed by atoms with Crippen LogP contribution in [0.4, 0.5) is 5.82 Å². The number of carbonyl (C=O) groups is 1. The van der Waals surface area contributed by atoms with Crippen LogP contribution in [0, 0.1) is 5.92 Å². The summed E-state index contributed by atoms with van der Waals surface area (Å²) in [6, 6.07) is 1.59. The van der Waals surface area contributed by atoms with Crippen molar-refractivity contribution in [1.29, 1.82) is 0 Å². The Kier molecular flexibility index (Phi) is 4.08. The van der Waals surface area contributed by atoms with Crippen LogP contribution in [0.25, 0.3) is 5.52 Å². The van der Waals surface area contributed by atoms with Gasteiger partial charge in [0.1, 0.15) is 30.3 Å². The van der Waals surface area contributed by atoms with Gasteiger partial charge in [-0.2, -0.15) is 5.10 Å². The minimum absolute atomic E-state index is 0.0244. The van der Waals surface area contributed by atoms with Crippen molar-refractivity contribution < 1.29 is 19.4 Å². The number of carbonyl (C=O) groups excluding carboxylic acids is 1. The fraction of sp³-hybridized carbons (Fsp3) is 0.533. The number of fused-ring (bicyclic) bond motifs is 1. The highest BCUT2D eigenvalue weighted by molar-refractivity contribution is 5.74. The zero-order chi connectivity index (χ0) is 16.6. The van der Waals surface area contributed by atoms with Crippen molar-refractivity contribution in [3.05, 3.63) is 18.1 Å². The van der Waals surface area contributed by atoms with Gasteiger partial charge in [0.15, 0.2) is 5.82 Å². The number of rotatable bonds is 4. The smallest absolute Gasteiger partial charge is 0.308 e. The molecule has 0 bridgehead atoms. The SMILES string of the molecule is CC(C)C(=O)OCC1CCC(c2cc(O)c3c(N)ncnn23)O1. The Bertz CT molecular complexity index is 728. The summed E-state index contributed by atoms with van der Waals surface area (Å²) in [7, 11) is 0. The molecule has 2 atom stereocenters. The van der Waals surface area contributed by atoms with Crippen LogP contribution < -0.4 is 5.73 Å². The first-order valence-electron chi connectivity index (χ1n) is 7.60. The van der Waals surface area contributed by atoms with Gasteiger partial charge in [-0.05, 0) is 12.8 Å². The molecule has 1 fully saturated rings.